The SMILES string of the molecule is COc1ccc(-c2cc(Nc3ccnc(N4CCC(C(F)(F)F)CC4)n3)n[nH]2)cc1F. The standard InChI is InChI=1S/C20H20F4N6O/c1-31-16-3-2-12(10-14(16)21)15-11-18(29-28-15)26-17-4-7-25-19(27-17)30-8-5-13(6-9-30)20(22,23)24/h2-4,7,10-11,13H,5-6,8-9H2,1H3,(H2,25,26,27,28,29). The van der Waals surface area contributed by atoms with Gasteiger partial charge in [0.05, 0.1) is 18.7 Å². The van der Waals surface area contributed by atoms with E-state index in [1.807, 2.05) is 0 Å². The fraction of sp³-hybridized carbons (Fsp3) is 0.350. The number of nitrogens with one attached hydrogen (secondary N) is 2. The molecule has 164 valence electrons. The molecule has 0 unspecified atom stereocenters. The maximum Gasteiger partial charge on any atom is 0.391 e. The minimum Gasteiger partial charge on any atom is -0.494 e. The van der Waals surface area contributed by atoms with Crippen molar-refractivity contribution >= 4 is 17.6 Å². The molecule has 0 atom stereocenters. The lowest BCUT2D eigenvalue weighted by atomic mass is 9.96. The van der Waals surface area contributed by atoms with Crippen molar-refractivity contribution in [2.75, 3.05) is 30.4 Å². The molecule has 0 saturated carbocycles. The van der Waals surface area contributed by atoms with Gasteiger partial charge in [-0.05, 0) is 37.1 Å². The Bertz CT molecular complexity index is 1050. The molecule has 1 fully saturated rings. The fourth-order valence-electron chi connectivity index (χ4n) is 3.48. The molecule has 31 heavy (non-hydrogen) atoms. The number of nitrogens with zero attached hydrogens (tertiary/aromatic N) is 4. The van der Waals surface area contributed by atoms with Gasteiger partial charge >= 0.3 is 6.18 Å². The average molecular weight is 436 g/mol. The van der Waals surface area contributed by atoms with E-state index < -0.39 is 17.9 Å². The van der Waals surface area contributed by atoms with E-state index in [2.05, 4.69) is 25.5 Å². The summed E-state index contributed by atoms with van der Waals surface area (Å²) in [6, 6.07) is 7.89. The van der Waals surface area contributed by atoms with Crippen LogP contribution < -0.4 is 15.0 Å². The average Bonchev–Trinajstić information content (AvgIpc) is 3.22. The highest BCUT2D eigenvalue weighted by molar-refractivity contribution is 5.66. The third kappa shape index (κ3) is 4.70. The van der Waals surface area contributed by atoms with Gasteiger partial charge in [0.15, 0.2) is 17.4 Å². The van der Waals surface area contributed by atoms with Crippen molar-refractivity contribution in [1.82, 2.24) is 20.2 Å². The predicted octanol–water partition coefficient (Wildman–Crippen LogP) is 4.54. The molecule has 3 aromatic rings. The highest BCUT2D eigenvalue weighted by atomic mass is 19.4. The van der Waals surface area contributed by atoms with Gasteiger partial charge in [0.2, 0.25) is 5.95 Å². The summed E-state index contributed by atoms with van der Waals surface area (Å²) < 4.78 is 57.5. The van der Waals surface area contributed by atoms with E-state index in [4.69, 9.17) is 4.74 Å². The second-order valence-corrected chi connectivity index (χ2v) is 7.19. The summed E-state index contributed by atoms with van der Waals surface area (Å²) in [7, 11) is 1.39. The van der Waals surface area contributed by atoms with Crippen LogP contribution >= 0.6 is 0 Å². The normalized spacial score (nSPS) is 15.2. The van der Waals surface area contributed by atoms with Gasteiger partial charge in [-0.25, -0.2) is 9.37 Å². The number of methoxy groups -OCH3 is 1. The van der Waals surface area contributed by atoms with Crippen LogP contribution in [0.1, 0.15) is 12.8 Å². The first-order valence-electron chi connectivity index (χ1n) is 9.64. The largest absolute Gasteiger partial charge is 0.494 e. The lowest BCUT2D eigenvalue weighted by Crippen LogP contribution is -2.39. The molecule has 0 amide bonds. The molecule has 1 aliphatic rings. The molecule has 2 N–H and O–H groups in total. The molecule has 2 aromatic heterocycles. The number of benzene rings is 1. The Morgan fingerprint density at radius 3 is 2.58 bits per heavy atom. The number of ether oxygens (including phenoxy) is 1. The number of alkyl halides is 3. The fourth-order valence-corrected chi connectivity index (χ4v) is 3.48. The van der Waals surface area contributed by atoms with E-state index >= 15 is 0 Å². The number of H-pyrrole nitrogens is 1. The van der Waals surface area contributed by atoms with Gasteiger partial charge in [-0.3, -0.25) is 5.10 Å². The molecule has 0 radical (unpaired) electrons. The minimum atomic E-state index is -4.17. The van der Waals surface area contributed by atoms with Gasteiger partial charge in [-0.2, -0.15) is 23.3 Å². The number of aromatic nitrogens is 4. The zero-order valence-corrected chi connectivity index (χ0v) is 16.6. The second-order valence-electron chi connectivity index (χ2n) is 7.19. The maximum absolute atomic E-state index is 13.9. The first kappa shape index (κ1) is 20.9. The van der Waals surface area contributed by atoms with E-state index in [0.717, 1.165) is 0 Å². The molecule has 1 aromatic carbocycles. The number of halogens is 4. The second kappa shape index (κ2) is 8.40. The van der Waals surface area contributed by atoms with Crippen LogP contribution in [0.25, 0.3) is 11.3 Å². The van der Waals surface area contributed by atoms with Crippen LogP contribution in [-0.2, 0) is 0 Å². The number of hydrogen-bond donors (Lipinski definition) is 2. The summed E-state index contributed by atoms with van der Waals surface area (Å²) in [4.78, 5) is 10.3. The van der Waals surface area contributed by atoms with E-state index in [1.165, 1.54) is 25.4 Å². The smallest absolute Gasteiger partial charge is 0.391 e. The third-order valence-corrected chi connectivity index (χ3v) is 5.18. The van der Waals surface area contributed by atoms with E-state index in [9.17, 15) is 17.6 Å². The van der Waals surface area contributed by atoms with Crippen LogP contribution in [0.4, 0.5) is 35.1 Å². The van der Waals surface area contributed by atoms with Crippen LogP contribution in [0.15, 0.2) is 36.5 Å². The van der Waals surface area contributed by atoms with Gasteiger partial charge in [0.25, 0.3) is 0 Å². The van der Waals surface area contributed by atoms with Crippen molar-refractivity contribution in [3.05, 3.63) is 42.3 Å². The molecule has 11 heteroatoms. The van der Waals surface area contributed by atoms with Crippen molar-refractivity contribution in [1.29, 1.82) is 0 Å². The van der Waals surface area contributed by atoms with Gasteiger partial charge in [0.1, 0.15) is 5.82 Å². The van der Waals surface area contributed by atoms with Gasteiger partial charge in [0, 0.05) is 30.9 Å². The zero-order chi connectivity index (χ0) is 22.0. The van der Waals surface area contributed by atoms with Gasteiger partial charge < -0.3 is 15.0 Å². The van der Waals surface area contributed by atoms with E-state index in [0.29, 0.717) is 28.8 Å². The van der Waals surface area contributed by atoms with Crippen LogP contribution in [0.3, 0.4) is 0 Å². The molecular weight excluding hydrogens is 416 g/mol. The van der Waals surface area contributed by atoms with Crippen molar-refractivity contribution in [3.8, 4) is 17.0 Å². The molecule has 0 bridgehead atoms. The summed E-state index contributed by atoms with van der Waals surface area (Å²) in [6.45, 7) is 0.479. The summed E-state index contributed by atoms with van der Waals surface area (Å²) in [5.74, 6) is -0.365. The highest BCUT2D eigenvalue weighted by Gasteiger charge is 2.41. The topological polar surface area (TPSA) is 79.0 Å². The van der Waals surface area contributed by atoms with Gasteiger partial charge in [-0.1, -0.05) is 0 Å². The van der Waals surface area contributed by atoms with Crippen LogP contribution in [0.5, 0.6) is 5.75 Å². The number of hydrogen-bond acceptors (Lipinski definition) is 6. The Morgan fingerprint density at radius 1 is 1.13 bits per heavy atom. The van der Waals surface area contributed by atoms with Crippen LogP contribution in [0.2, 0.25) is 0 Å². The van der Waals surface area contributed by atoms with Crippen molar-refractivity contribution in [3.63, 3.8) is 0 Å². The van der Waals surface area contributed by atoms with E-state index in [-0.39, 0.29) is 31.7 Å². The minimum absolute atomic E-state index is 0.0195. The summed E-state index contributed by atoms with van der Waals surface area (Å²) in [5.41, 5.74) is 1.18. The third-order valence-electron chi connectivity index (χ3n) is 5.18. The van der Waals surface area contributed by atoms with Crippen LogP contribution in [-0.4, -0.2) is 46.5 Å². The number of anilines is 3. The van der Waals surface area contributed by atoms with Crippen LogP contribution in [0, 0.1) is 11.7 Å². The van der Waals surface area contributed by atoms with Gasteiger partial charge in [-0.15, -0.1) is 0 Å². The lowest BCUT2D eigenvalue weighted by molar-refractivity contribution is -0.179. The monoisotopic (exact) mass is 436 g/mol. The summed E-state index contributed by atoms with van der Waals surface area (Å²) >= 11 is 0. The number of aromatic amines is 1. The van der Waals surface area contributed by atoms with Crippen molar-refractivity contribution < 1.29 is 22.3 Å². The molecular formula is C20H20F4N6O. The quantitative estimate of drug-likeness (QED) is 0.572. The number of piperidine rings is 1. The molecule has 1 aliphatic heterocycles. The first-order valence-corrected chi connectivity index (χ1v) is 9.64. The first-order chi connectivity index (χ1) is 14.8. The molecule has 0 aliphatic carbocycles. The molecule has 7 nitrogen and oxygen atoms in total. The molecule has 4 rings (SSSR count). The Labute approximate surface area is 175 Å². The lowest BCUT2D eigenvalue weighted by Gasteiger charge is -2.32. The highest BCUT2D eigenvalue weighted by Crippen LogP contribution is 2.35. The Hall–Kier alpha value is -3.37. The molecule has 1 saturated heterocycles. The zero-order valence-electron chi connectivity index (χ0n) is 16.6. The summed E-state index contributed by atoms with van der Waals surface area (Å²) in [6.07, 6.45) is -2.59. The van der Waals surface area contributed by atoms with Crippen molar-refractivity contribution in [2.24, 2.45) is 5.92 Å². The molecule has 3 heterocycles. The Kier molecular flexibility index (Phi) is 5.66. The number of rotatable bonds is 5. The maximum atomic E-state index is 13.9. The Balaban J connectivity index is 1.44. The Morgan fingerprint density at radius 2 is 1.90 bits per heavy atom. The summed E-state index contributed by atoms with van der Waals surface area (Å²) in [5, 5.41) is 10.00. The van der Waals surface area contributed by atoms with Crippen molar-refractivity contribution in [2.45, 2.75) is 19.0 Å². The predicted molar refractivity (Wildman–Crippen MR) is 107 cm³/mol. The molecule has 0 spiro atoms. The van der Waals surface area contributed by atoms with E-state index in [1.54, 1.807) is 23.1 Å².